The maximum atomic E-state index is 9.76. The zero-order chi connectivity index (χ0) is 14.7. The van der Waals surface area contributed by atoms with Gasteiger partial charge in [0.05, 0.1) is 11.3 Å². The number of phenols is 2. The maximum absolute atomic E-state index is 9.76. The van der Waals surface area contributed by atoms with Crippen LogP contribution in [0.2, 0.25) is 0 Å². The molecule has 2 aromatic carbocycles. The molecular weight excluding hydrogens is 288 g/mol. The topological polar surface area (TPSA) is 79.4 Å². The van der Waals surface area contributed by atoms with E-state index in [1.165, 1.54) is 18.2 Å². The Balaban J connectivity index is 1.76. The molecule has 0 saturated heterocycles. The maximum Gasteiger partial charge on any atom is 0.261 e. The molecule has 0 fully saturated rings. The van der Waals surface area contributed by atoms with Crippen LogP contribution >= 0.6 is 11.8 Å². The molecule has 2 N–H and O–H groups in total. The van der Waals surface area contributed by atoms with Crippen LogP contribution < -0.4 is 0 Å². The Morgan fingerprint density at radius 2 is 1.86 bits per heavy atom. The largest absolute Gasteiger partial charge is 0.508 e. The number of phenolic OH excluding ortho intramolecular Hbond substituents is 2. The minimum absolute atomic E-state index is 0.0151. The molecule has 6 heteroatoms. The van der Waals surface area contributed by atoms with E-state index in [1.54, 1.807) is 11.8 Å². The smallest absolute Gasteiger partial charge is 0.261 e. The Morgan fingerprint density at radius 3 is 2.67 bits per heavy atom. The van der Waals surface area contributed by atoms with E-state index in [4.69, 9.17) is 4.52 Å². The predicted molar refractivity (Wildman–Crippen MR) is 79.1 cm³/mol. The van der Waals surface area contributed by atoms with Gasteiger partial charge in [0.2, 0.25) is 0 Å². The van der Waals surface area contributed by atoms with Crippen molar-refractivity contribution in [1.29, 1.82) is 0 Å². The third-order valence-electron chi connectivity index (χ3n) is 2.79. The Bertz CT molecular complexity index is 744. The van der Waals surface area contributed by atoms with Crippen LogP contribution in [0.15, 0.2) is 57.9 Å². The third-order valence-corrected chi connectivity index (χ3v) is 3.80. The van der Waals surface area contributed by atoms with Gasteiger partial charge in [0.1, 0.15) is 11.5 Å². The Labute approximate surface area is 125 Å². The van der Waals surface area contributed by atoms with Crippen molar-refractivity contribution in [3.63, 3.8) is 0 Å². The molecule has 0 unspecified atom stereocenters. The van der Waals surface area contributed by atoms with Crippen LogP contribution in [-0.2, 0) is 5.75 Å². The van der Waals surface area contributed by atoms with Crippen LogP contribution in [0.1, 0.15) is 5.82 Å². The van der Waals surface area contributed by atoms with E-state index >= 15 is 0 Å². The molecule has 5 nitrogen and oxygen atoms in total. The normalized spacial score (nSPS) is 10.7. The van der Waals surface area contributed by atoms with Gasteiger partial charge in [-0.05, 0) is 30.3 Å². The van der Waals surface area contributed by atoms with Gasteiger partial charge in [0.25, 0.3) is 5.89 Å². The molecule has 0 radical (unpaired) electrons. The van der Waals surface area contributed by atoms with Crippen molar-refractivity contribution >= 4 is 11.8 Å². The first-order valence-electron chi connectivity index (χ1n) is 6.25. The molecule has 0 amide bonds. The van der Waals surface area contributed by atoms with Crippen molar-refractivity contribution in [2.24, 2.45) is 0 Å². The summed E-state index contributed by atoms with van der Waals surface area (Å²) in [6, 6.07) is 14.1. The Hall–Kier alpha value is -2.47. The number of nitrogens with zero attached hydrogens (tertiary/aromatic N) is 2. The molecule has 1 heterocycles. The van der Waals surface area contributed by atoms with Gasteiger partial charge < -0.3 is 14.7 Å². The highest BCUT2D eigenvalue weighted by molar-refractivity contribution is 7.98. The summed E-state index contributed by atoms with van der Waals surface area (Å²) in [5, 5.41) is 23.1. The Kier molecular flexibility index (Phi) is 3.79. The number of hydrogen-bond acceptors (Lipinski definition) is 6. The summed E-state index contributed by atoms with van der Waals surface area (Å²) >= 11 is 1.59. The van der Waals surface area contributed by atoms with Crippen molar-refractivity contribution in [3.05, 3.63) is 54.4 Å². The standard InChI is InChI=1S/C15H12N2O3S/c18-10-6-7-13(19)12(8-10)15-16-14(17-20-15)9-21-11-4-2-1-3-5-11/h1-8,18-19H,9H2. The number of hydrogen-bond donors (Lipinski definition) is 2. The highest BCUT2D eigenvalue weighted by atomic mass is 32.2. The summed E-state index contributed by atoms with van der Waals surface area (Å²) in [7, 11) is 0. The summed E-state index contributed by atoms with van der Waals surface area (Å²) in [5.74, 6) is 1.29. The molecule has 0 saturated carbocycles. The fourth-order valence-corrected chi connectivity index (χ4v) is 2.54. The second kappa shape index (κ2) is 5.88. The quantitative estimate of drug-likeness (QED) is 0.567. The van der Waals surface area contributed by atoms with E-state index < -0.39 is 0 Å². The molecule has 0 aliphatic rings. The first-order valence-corrected chi connectivity index (χ1v) is 7.24. The fraction of sp³-hybridized carbons (Fsp3) is 0.0667. The number of aromatic nitrogens is 2. The molecule has 3 rings (SSSR count). The summed E-state index contributed by atoms with van der Waals surface area (Å²) in [5.41, 5.74) is 0.318. The van der Waals surface area contributed by atoms with Gasteiger partial charge in [-0.2, -0.15) is 4.98 Å². The van der Waals surface area contributed by atoms with Gasteiger partial charge in [0.15, 0.2) is 5.82 Å². The third kappa shape index (κ3) is 3.17. The molecular formula is C15H12N2O3S. The van der Waals surface area contributed by atoms with Gasteiger partial charge in [-0.15, -0.1) is 11.8 Å². The van der Waals surface area contributed by atoms with Gasteiger partial charge in [-0.3, -0.25) is 0 Å². The van der Waals surface area contributed by atoms with E-state index in [0.717, 1.165) is 4.90 Å². The second-order valence-electron chi connectivity index (χ2n) is 4.32. The summed E-state index contributed by atoms with van der Waals surface area (Å²) in [4.78, 5) is 5.34. The molecule has 106 valence electrons. The second-order valence-corrected chi connectivity index (χ2v) is 5.37. The highest BCUT2D eigenvalue weighted by Gasteiger charge is 2.13. The van der Waals surface area contributed by atoms with E-state index in [1.807, 2.05) is 30.3 Å². The van der Waals surface area contributed by atoms with E-state index in [2.05, 4.69) is 10.1 Å². The number of rotatable bonds is 4. The molecule has 21 heavy (non-hydrogen) atoms. The van der Waals surface area contributed by atoms with Crippen LogP contribution in [0.3, 0.4) is 0 Å². The Morgan fingerprint density at radius 1 is 1.05 bits per heavy atom. The van der Waals surface area contributed by atoms with Crippen LogP contribution in [-0.4, -0.2) is 20.4 Å². The first-order chi connectivity index (χ1) is 10.2. The molecule has 0 spiro atoms. The van der Waals surface area contributed by atoms with Crippen LogP contribution in [0.25, 0.3) is 11.5 Å². The van der Waals surface area contributed by atoms with Gasteiger partial charge >= 0.3 is 0 Å². The number of thioether (sulfide) groups is 1. The summed E-state index contributed by atoms with van der Waals surface area (Å²) in [6.07, 6.45) is 0. The summed E-state index contributed by atoms with van der Waals surface area (Å²) < 4.78 is 5.13. The fourth-order valence-electron chi connectivity index (χ4n) is 1.78. The SMILES string of the molecule is Oc1ccc(O)c(-c2nc(CSc3ccccc3)no2)c1. The van der Waals surface area contributed by atoms with Crippen molar-refractivity contribution in [3.8, 4) is 23.0 Å². The minimum atomic E-state index is -0.0151. The van der Waals surface area contributed by atoms with Crippen LogP contribution in [0, 0.1) is 0 Å². The van der Waals surface area contributed by atoms with Crippen molar-refractivity contribution in [1.82, 2.24) is 10.1 Å². The average molecular weight is 300 g/mol. The lowest BCUT2D eigenvalue weighted by molar-refractivity contribution is 0.418. The summed E-state index contributed by atoms with van der Waals surface area (Å²) in [6.45, 7) is 0. The molecule has 0 atom stereocenters. The van der Waals surface area contributed by atoms with Crippen molar-refractivity contribution in [2.45, 2.75) is 10.6 Å². The molecule has 3 aromatic rings. The molecule has 1 aromatic heterocycles. The highest BCUT2D eigenvalue weighted by Crippen LogP contribution is 2.31. The molecule has 0 aliphatic heterocycles. The van der Waals surface area contributed by atoms with Gasteiger partial charge in [-0.1, -0.05) is 23.4 Å². The number of aromatic hydroxyl groups is 2. The number of benzene rings is 2. The lowest BCUT2D eigenvalue weighted by Gasteiger charge is -1.99. The lowest BCUT2D eigenvalue weighted by Crippen LogP contribution is -1.84. The predicted octanol–water partition coefficient (Wildman–Crippen LogP) is 3.44. The van der Waals surface area contributed by atoms with Gasteiger partial charge in [-0.25, -0.2) is 0 Å². The van der Waals surface area contributed by atoms with Gasteiger partial charge in [0, 0.05) is 4.90 Å². The average Bonchev–Trinajstić information content (AvgIpc) is 2.97. The van der Waals surface area contributed by atoms with Crippen LogP contribution in [0.4, 0.5) is 0 Å². The zero-order valence-corrected chi connectivity index (χ0v) is 11.7. The zero-order valence-electron chi connectivity index (χ0n) is 10.9. The monoisotopic (exact) mass is 300 g/mol. The molecule has 0 aliphatic carbocycles. The lowest BCUT2D eigenvalue weighted by atomic mass is 10.2. The minimum Gasteiger partial charge on any atom is -0.508 e. The van der Waals surface area contributed by atoms with Crippen LogP contribution in [0.5, 0.6) is 11.5 Å². The van der Waals surface area contributed by atoms with E-state index in [-0.39, 0.29) is 17.4 Å². The molecule has 0 bridgehead atoms. The first kappa shape index (κ1) is 13.5. The van der Waals surface area contributed by atoms with E-state index in [0.29, 0.717) is 17.1 Å². The van der Waals surface area contributed by atoms with Crippen molar-refractivity contribution < 1.29 is 14.7 Å². The van der Waals surface area contributed by atoms with Crippen molar-refractivity contribution in [2.75, 3.05) is 0 Å². The van der Waals surface area contributed by atoms with E-state index in [9.17, 15) is 10.2 Å².